The standard InChI is InChI=1S/C23H26N4O2S/c24-21-9-8-18(27-15-16-10-12-26-13-11-16)14-20(21)23(25)30(28,29)22-7-3-5-17-4-1-2-6-19(17)22/h1-9,14,16,25-27H,10-13,15,24H2. The summed E-state index contributed by atoms with van der Waals surface area (Å²) in [7, 11) is -4.03. The summed E-state index contributed by atoms with van der Waals surface area (Å²) in [5.41, 5.74) is 7.34. The zero-order valence-corrected chi connectivity index (χ0v) is 17.5. The summed E-state index contributed by atoms with van der Waals surface area (Å²) >= 11 is 0. The maximum Gasteiger partial charge on any atom is 0.224 e. The van der Waals surface area contributed by atoms with Gasteiger partial charge in [0.05, 0.1) is 4.90 Å². The van der Waals surface area contributed by atoms with Crippen molar-refractivity contribution < 1.29 is 8.42 Å². The molecular formula is C23H26N4O2S. The van der Waals surface area contributed by atoms with Gasteiger partial charge in [0.2, 0.25) is 9.84 Å². The van der Waals surface area contributed by atoms with Gasteiger partial charge in [0, 0.05) is 28.9 Å². The summed E-state index contributed by atoms with van der Waals surface area (Å²) < 4.78 is 26.6. The minimum absolute atomic E-state index is 0.123. The number of rotatable bonds is 5. The summed E-state index contributed by atoms with van der Waals surface area (Å²) in [6.07, 6.45) is 2.22. The highest BCUT2D eigenvalue weighted by molar-refractivity contribution is 8.07. The molecule has 1 saturated heterocycles. The van der Waals surface area contributed by atoms with Crippen molar-refractivity contribution in [3.63, 3.8) is 0 Å². The normalized spacial score (nSPS) is 15.2. The second-order valence-corrected chi connectivity index (χ2v) is 9.54. The van der Waals surface area contributed by atoms with Gasteiger partial charge in [-0.25, -0.2) is 8.42 Å². The van der Waals surface area contributed by atoms with Crippen LogP contribution in [0.5, 0.6) is 0 Å². The third-order valence-electron chi connectivity index (χ3n) is 5.66. The molecule has 1 fully saturated rings. The van der Waals surface area contributed by atoms with Crippen LogP contribution in [0.2, 0.25) is 0 Å². The summed E-state index contributed by atoms with van der Waals surface area (Å²) in [4.78, 5) is 0.123. The number of benzene rings is 3. The molecule has 0 aromatic heterocycles. The Morgan fingerprint density at radius 3 is 2.60 bits per heavy atom. The topological polar surface area (TPSA) is 108 Å². The molecule has 4 rings (SSSR count). The van der Waals surface area contributed by atoms with E-state index in [0.29, 0.717) is 11.3 Å². The van der Waals surface area contributed by atoms with Crippen LogP contribution < -0.4 is 16.4 Å². The summed E-state index contributed by atoms with van der Waals surface area (Å²) in [6.45, 7) is 2.86. The van der Waals surface area contributed by atoms with E-state index in [-0.39, 0.29) is 16.1 Å². The first-order valence-corrected chi connectivity index (χ1v) is 11.6. The quantitative estimate of drug-likeness (QED) is 0.285. The van der Waals surface area contributed by atoms with Crippen LogP contribution >= 0.6 is 0 Å². The number of nitrogen functional groups attached to an aromatic ring is 1. The second kappa shape index (κ2) is 8.45. The molecule has 3 aromatic carbocycles. The van der Waals surface area contributed by atoms with Crippen molar-refractivity contribution in [2.45, 2.75) is 17.7 Å². The molecule has 0 spiro atoms. The number of hydrogen-bond acceptors (Lipinski definition) is 6. The van der Waals surface area contributed by atoms with Gasteiger partial charge in [0.25, 0.3) is 0 Å². The Labute approximate surface area is 176 Å². The molecule has 7 heteroatoms. The molecule has 156 valence electrons. The first-order chi connectivity index (χ1) is 14.5. The van der Waals surface area contributed by atoms with E-state index in [1.54, 1.807) is 36.4 Å². The van der Waals surface area contributed by atoms with Crippen LogP contribution in [0.25, 0.3) is 10.8 Å². The fourth-order valence-corrected chi connectivity index (χ4v) is 5.31. The van der Waals surface area contributed by atoms with E-state index < -0.39 is 14.9 Å². The number of anilines is 2. The van der Waals surface area contributed by atoms with Gasteiger partial charge in [-0.1, -0.05) is 36.4 Å². The molecule has 0 atom stereocenters. The molecule has 0 unspecified atom stereocenters. The van der Waals surface area contributed by atoms with Gasteiger partial charge in [0.1, 0.15) is 0 Å². The van der Waals surface area contributed by atoms with Crippen LogP contribution in [0.3, 0.4) is 0 Å². The molecule has 6 nitrogen and oxygen atoms in total. The van der Waals surface area contributed by atoms with Crippen molar-refractivity contribution >= 4 is 37.0 Å². The molecule has 0 bridgehead atoms. The van der Waals surface area contributed by atoms with Gasteiger partial charge in [-0.05, 0) is 61.5 Å². The van der Waals surface area contributed by atoms with E-state index in [1.165, 1.54) is 0 Å². The number of hydrogen-bond donors (Lipinski definition) is 4. The molecule has 30 heavy (non-hydrogen) atoms. The minimum Gasteiger partial charge on any atom is -0.398 e. The SMILES string of the molecule is N=C(c1cc(NCC2CCNCC2)ccc1N)S(=O)(=O)c1cccc2ccccc12. The molecule has 0 amide bonds. The van der Waals surface area contributed by atoms with Gasteiger partial charge >= 0.3 is 0 Å². The van der Waals surface area contributed by atoms with Crippen molar-refractivity contribution in [2.75, 3.05) is 30.7 Å². The number of piperidine rings is 1. The number of nitrogens with two attached hydrogens (primary N) is 1. The minimum atomic E-state index is -4.03. The molecule has 0 saturated carbocycles. The van der Waals surface area contributed by atoms with Crippen molar-refractivity contribution in [1.82, 2.24) is 5.32 Å². The summed E-state index contributed by atoms with van der Waals surface area (Å²) in [5.74, 6) is 0.575. The third kappa shape index (κ3) is 4.04. The number of fused-ring (bicyclic) bond motifs is 1. The second-order valence-electron chi connectivity index (χ2n) is 7.69. The lowest BCUT2D eigenvalue weighted by atomic mass is 9.98. The molecule has 5 N–H and O–H groups in total. The Bertz CT molecular complexity index is 1180. The zero-order valence-electron chi connectivity index (χ0n) is 16.7. The highest BCUT2D eigenvalue weighted by Crippen LogP contribution is 2.28. The van der Waals surface area contributed by atoms with E-state index >= 15 is 0 Å². The maximum atomic E-state index is 13.3. The fourth-order valence-electron chi connectivity index (χ4n) is 3.90. The van der Waals surface area contributed by atoms with Crippen LogP contribution in [-0.4, -0.2) is 33.1 Å². The lowest BCUT2D eigenvalue weighted by Crippen LogP contribution is -2.31. The maximum absolute atomic E-state index is 13.3. The zero-order chi connectivity index (χ0) is 21.1. The van der Waals surface area contributed by atoms with Crippen LogP contribution in [-0.2, 0) is 9.84 Å². The van der Waals surface area contributed by atoms with Crippen molar-refractivity contribution in [3.8, 4) is 0 Å². The molecule has 3 aromatic rings. The van der Waals surface area contributed by atoms with Gasteiger partial charge in [-0.15, -0.1) is 0 Å². The monoisotopic (exact) mass is 422 g/mol. The first kappa shape index (κ1) is 20.4. The van der Waals surface area contributed by atoms with Crippen molar-refractivity contribution in [3.05, 3.63) is 66.2 Å². The Kier molecular flexibility index (Phi) is 5.74. The highest BCUT2D eigenvalue weighted by atomic mass is 32.2. The smallest absolute Gasteiger partial charge is 0.224 e. The molecule has 1 aliphatic heterocycles. The summed E-state index contributed by atoms with van der Waals surface area (Å²) in [6, 6.07) is 17.5. The molecular weight excluding hydrogens is 396 g/mol. The average Bonchev–Trinajstić information content (AvgIpc) is 2.78. The molecule has 0 aliphatic carbocycles. The predicted octanol–water partition coefficient (Wildman–Crippen LogP) is 3.63. The molecule has 1 heterocycles. The van der Waals surface area contributed by atoms with E-state index in [2.05, 4.69) is 10.6 Å². The lowest BCUT2D eigenvalue weighted by molar-refractivity contribution is 0.390. The molecule has 0 radical (unpaired) electrons. The van der Waals surface area contributed by atoms with Gasteiger partial charge < -0.3 is 16.4 Å². The van der Waals surface area contributed by atoms with Gasteiger partial charge in [-0.3, -0.25) is 5.41 Å². The largest absolute Gasteiger partial charge is 0.398 e. The van der Waals surface area contributed by atoms with E-state index in [0.717, 1.165) is 43.5 Å². The average molecular weight is 423 g/mol. The Morgan fingerprint density at radius 2 is 1.80 bits per heavy atom. The summed E-state index contributed by atoms with van der Waals surface area (Å²) in [5, 5.41) is 16.2. The Morgan fingerprint density at radius 1 is 1.07 bits per heavy atom. The van der Waals surface area contributed by atoms with Gasteiger partial charge in [0.15, 0.2) is 5.04 Å². The van der Waals surface area contributed by atoms with Crippen LogP contribution in [0, 0.1) is 11.3 Å². The number of nitrogens with one attached hydrogen (secondary N) is 3. The highest BCUT2D eigenvalue weighted by Gasteiger charge is 2.26. The van der Waals surface area contributed by atoms with Gasteiger partial charge in [-0.2, -0.15) is 0 Å². The lowest BCUT2D eigenvalue weighted by Gasteiger charge is -2.23. The van der Waals surface area contributed by atoms with E-state index in [4.69, 9.17) is 11.1 Å². The predicted molar refractivity (Wildman–Crippen MR) is 123 cm³/mol. The van der Waals surface area contributed by atoms with Crippen LogP contribution in [0.15, 0.2) is 65.6 Å². The van der Waals surface area contributed by atoms with E-state index in [1.807, 2.05) is 24.3 Å². The number of sulfone groups is 1. The fraction of sp³-hybridized carbons (Fsp3) is 0.261. The van der Waals surface area contributed by atoms with Crippen LogP contribution in [0.1, 0.15) is 18.4 Å². The molecule has 1 aliphatic rings. The van der Waals surface area contributed by atoms with Crippen LogP contribution in [0.4, 0.5) is 11.4 Å². The van der Waals surface area contributed by atoms with Crippen molar-refractivity contribution in [2.24, 2.45) is 5.92 Å². The third-order valence-corrected chi connectivity index (χ3v) is 7.35. The van der Waals surface area contributed by atoms with E-state index in [9.17, 15) is 8.42 Å². The Balaban J connectivity index is 1.63. The Hall–Kier alpha value is -2.90. The first-order valence-electron chi connectivity index (χ1n) is 10.1. The van der Waals surface area contributed by atoms with Crippen molar-refractivity contribution in [1.29, 1.82) is 5.41 Å².